The van der Waals surface area contributed by atoms with Gasteiger partial charge in [0.25, 0.3) is 0 Å². The molecule has 1 fully saturated rings. The fraction of sp³-hybridized carbons (Fsp3) is 0.500. The van der Waals surface area contributed by atoms with Gasteiger partial charge < -0.3 is 10.2 Å². The smallest absolute Gasteiger partial charge is 0.230 e. The largest absolute Gasteiger partial charge is 0.388 e. The van der Waals surface area contributed by atoms with Gasteiger partial charge in [-0.3, -0.25) is 4.79 Å². The van der Waals surface area contributed by atoms with E-state index in [2.05, 4.69) is 17.4 Å². The number of nitrogens with one attached hydrogen (secondary N) is 1. The summed E-state index contributed by atoms with van der Waals surface area (Å²) in [5, 5.41) is 3.22. The maximum absolute atomic E-state index is 12.2. The normalized spacial score (nSPS) is 18.8. The summed E-state index contributed by atoms with van der Waals surface area (Å²) in [6, 6.07) is 6.20. The molecular weight excluding hydrogens is 212 g/mol. The molecule has 1 amide bonds. The van der Waals surface area contributed by atoms with Crippen molar-refractivity contribution in [2.75, 3.05) is 23.8 Å². The Hall–Kier alpha value is -1.51. The standard InChI is InChI=1S/C14H18N2O/c1-15-12-5-2-6-13-11(12)4-3-9-16(13)14(17)10-7-8-10/h2,5-6,10,15H,3-4,7-9H2,1H3. The molecule has 1 aliphatic carbocycles. The molecule has 0 atom stereocenters. The summed E-state index contributed by atoms with van der Waals surface area (Å²) in [6.45, 7) is 0.884. The van der Waals surface area contributed by atoms with E-state index in [0.29, 0.717) is 11.8 Å². The van der Waals surface area contributed by atoms with Gasteiger partial charge in [0.15, 0.2) is 0 Å². The van der Waals surface area contributed by atoms with E-state index >= 15 is 0 Å². The monoisotopic (exact) mass is 230 g/mol. The Balaban J connectivity index is 1.98. The number of hydrogen-bond acceptors (Lipinski definition) is 2. The molecule has 1 N–H and O–H groups in total. The second-order valence-electron chi connectivity index (χ2n) is 4.92. The van der Waals surface area contributed by atoms with Crippen molar-refractivity contribution in [3.05, 3.63) is 23.8 Å². The first kappa shape index (κ1) is 10.6. The first-order valence-corrected chi connectivity index (χ1v) is 6.42. The Bertz CT molecular complexity index is 452. The van der Waals surface area contributed by atoms with Crippen LogP contribution < -0.4 is 10.2 Å². The first-order chi connectivity index (χ1) is 8.31. The molecule has 2 aliphatic rings. The van der Waals surface area contributed by atoms with Gasteiger partial charge in [0.05, 0.1) is 0 Å². The van der Waals surface area contributed by atoms with E-state index in [0.717, 1.165) is 43.6 Å². The van der Waals surface area contributed by atoms with Crippen molar-refractivity contribution in [2.45, 2.75) is 25.7 Å². The highest BCUT2D eigenvalue weighted by atomic mass is 16.2. The molecule has 90 valence electrons. The minimum Gasteiger partial charge on any atom is -0.388 e. The van der Waals surface area contributed by atoms with Crippen LogP contribution in [0, 0.1) is 5.92 Å². The van der Waals surface area contributed by atoms with Crippen molar-refractivity contribution in [3.8, 4) is 0 Å². The molecule has 0 aromatic heterocycles. The van der Waals surface area contributed by atoms with Crippen molar-refractivity contribution in [3.63, 3.8) is 0 Å². The van der Waals surface area contributed by atoms with E-state index in [1.165, 1.54) is 5.56 Å². The molecule has 3 nitrogen and oxygen atoms in total. The number of amides is 1. The number of carbonyl (C=O) groups excluding carboxylic acids is 1. The van der Waals surface area contributed by atoms with Crippen LogP contribution in [0.5, 0.6) is 0 Å². The molecule has 1 aromatic rings. The van der Waals surface area contributed by atoms with Gasteiger partial charge in [-0.2, -0.15) is 0 Å². The topological polar surface area (TPSA) is 32.3 Å². The molecule has 0 spiro atoms. The molecule has 1 saturated carbocycles. The summed E-state index contributed by atoms with van der Waals surface area (Å²) in [6.07, 6.45) is 4.30. The number of hydrogen-bond donors (Lipinski definition) is 1. The lowest BCUT2D eigenvalue weighted by molar-refractivity contribution is -0.119. The van der Waals surface area contributed by atoms with Crippen LogP contribution in [-0.4, -0.2) is 19.5 Å². The summed E-state index contributed by atoms with van der Waals surface area (Å²) in [4.78, 5) is 14.2. The van der Waals surface area contributed by atoms with Gasteiger partial charge in [0.1, 0.15) is 0 Å². The number of fused-ring (bicyclic) bond motifs is 1. The number of anilines is 2. The average Bonchev–Trinajstić information content (AvgIpc) is 3.20. The molecular formula is C14H18N2O. The maximum atomic E-state index is 12.2. The van der Waals surface area contributed by atoms with Crippen LogP contribution in [0.4, 0.5) is 11.4 Å². The quantitative estimate of drug-likeness (QED) is 0.846. The molecule has 0 saturated heterocycles. The summed E-state index contributed by atoms with van der Waals surface area (Å²) in [7, 11) is 1.94. The summed E-state index contributed by atoms with van der Waals surface area (Å²) in [5.74, 6) is 0.637. The minimum atomic E-state index is 0.305. The van der Waals surface area contributed by atoms with Gasteiger partial charge in [-0.15, -0.1) is 0 Å². The molecule has 3 rings (SSSR count). The minimum absolute atomic E-state index is 0.305. The van der Waals surface area contributed by atoms with Gasteiger partial charge in [0.2, 0.25) is 5.91 Å². The van der Waals surface area contributed by atoms with E-state index in [4.69, 9.17) is 0 Å². The zero-order valence-electron chi connectivity index (χ0n) is 10.2. The van der Waals surface area contributed by atoms with Crippen LogP contribution in [-0.2, 0) is 11.2 Å². The van der Waals surface area contributed by atoms with Gasteiger partial charge in [-0.05, 0) is 43.4 Å². The molecule has 0 radical (unpaired) electrons. The van der Waals surface area contributed by atoms with E-state index < -0.39 is 0 Å². The van der Waals surface area contributed by atoms with Crippen LogP contribution in [0.2, 0.25) is 0 Å². The number of rotatable bonds is 2. The highest BCUT2D eigenvalue weighted by molar-refractivity contribution is 5.98. The zero-order chi connectivity index (χ0) is 11.8. The summed E-state index contributed by atoms with van der Waals surface area (Å²) < 4.78 is 0. The second kappa shape index (κ2) is 4.06. The molecule has 0 unspecified atom stereocenters. The van der Waals surface area contributed by atoms with Crippen LogP contribution in [0.15, 0.2) is 18.2 Å². The van der Waals surface area contributed by atoms with Crippen molar-refractivity contribution >= 4 is 17.3 Å². The zero-order valence-corrected chi connectivity index (χ0v) is 10.2. The maximum Gasteiger partial charge on any atom is 0.230 e. The summed E-state index contributed by atoms with van der Waals surface area (Å²) >= 11 is 0. The van der Waals surface area contributed by atoms with E-state index in [1.807, 2.05) is 18.0 Å². The molecule has 0 bridgehead atoms. The first-order valence-electron chi connectivity index (χ1n) is 6.42. The molecule has 1 aromatic carbocycles. The second-order valence-corrected chi connectivity index (χ2v) is 4.92. The lowest BCUT2D eigenvalue weighted by Crippen LogP contribution is -2.36. The van der Waals surface area contributed by atoms with Crippen LogP contribution in [0.3, 0.4) is 0 Å². The Morgan fingerprint density at radius 1 is 1.41 bits per heavy atom. The average molecular weight is 230 g/mol. The van der Waals surface area contributed by atoms with E-state index in [-0.39, 0.29) is 0 Å². The highest BCUT2D eigenvalue weighted by Crippen LogP contribution is 2.37. The SMILES string of the molecule is CNc1cccc2c1CCCN2C(=O)C1CC1. The van der Waals surface area contributed by atoms with E-state index in [1.54, 1.807) is 0 Å². The fourth-order valence-electron chi connectivity index (χ4n) is 2.64. The van der Waals surface area contributed by atoms with Crippen molar-refractivity contribution in [1.82, 2.24) is 0 Å². The van der Waals surface area contributed by atoms with Crippen LogP contribution in [0.1, 0.15) is 24.8 Å². The number of benzene rings is 1. The Kier molecular flexibility index (Phi) is 2.54. The molecule has 17 heavy (non-hydrogen) atoms. The van der Waals surface area contributed by atoms with Gasteiger partial charge in [-0.1, -0.05) is 6.07 Å². The molecule has 3 heteroatoms. The number of carbonyl (C=O) groups is 1. The van der Waals surface area contributed by atoms with Crippen LogP contribution >= 0.6 is 0 Å². The van der Waals surface area contributed by atoms with Crippen molar-refractivity contribution in [2.24, 2.45) is 5.92 Å². The molecule has 1 aliphatic heterocycles. The highest BCUT2D eigenvalue weighted by Gasteiger charge is 2.35. The third kappa shape index (κ3) is 1.79. The van der Waals surface area contributed by atoms with Gasteiger partial charge in [-0.25, -0.2) is 0 Å². The molecule has 1 heterocycles. The van der Waals surface area contributed by atoms with Gasteiger partial charge in [0, 0.05) is 30.9 Å². The third-order valence-corrected chi connectivity index (χ3v) is 3.71. The van der Waals surface area contributed by atoms with Crippen molar-refractivity contribution in [1.29, 1.82) is 0 Å². The predicted octanol–water partition coefficient (Wildman–Crippen LogP) is 2.42. The Labute approximate surface area is 102 Å². The third-order valence-electron chi connectivity index (χ3n) is 3.71. The summed E-state index contributed by atoms with van der Waals surface area (Å²) in [5.41, 5.74) is 3.59. The predicted molar refractivity (Wildman–Crippen MR) is 69.4 cm³/mol. The Morgan fingerprint density at radius 3 is 2.94 bits per heavy atom. The number of nitrogens with zero attached hydrogens (tertiary/aromatic N) is 1. The fourth-order valence-corrected chi connectivity index (χ4v) is 2.64. The van der Waals surface area contributed by atoms with E-state index in [9.17, 15) is 4.79 Å². The van der Waals surface area contributed by atoms with Crippen molar-refractivity contribution < 1.29 is 4.79 Å². The lowest BCUT2D eigenvalue weighted by atomic mass is 9.99. The lowest BCUT2D eigenvalue weighted by Gasteiger charge is -2.31. The van der Waals surface area contributed by atoms with Crippen LogP contribution in [0.25, 0.3) is 0 Å². The van der Waals surface area contributed by atoms with Gasteiger partial charge >= 0.3 is 0 Å². The Morgan fingerprint density at radius 2 is 2.24 bits per heavy atom.